The molecule has 6 heteroatoms. The lowest BCUT2D eigenvalue weighted by Crippen LogP contribution is -2.46. The summed E-state index contributed by atoms with van der Waals surface area (Å²) in [5.74, 6) is -1.08. The van der Waals surface area contributed by atoms with Gasteiger partial charge in [0.1, 0.15) is 6.10 Å². The molecule has 2 aromatic carbocycles. The minimum absolute atomic E-state index is 0.202. The van der Waals surface area contributed by atoms with Crippen LogP contribution in [-0.4, -0.2) is 22.4 Å². The van der Waals surface area contributed by atoms with Gasteiger partial charge in [-0.05, 0) is 48.6 Å². The zero-order valence-corrected chi connectivity index (χ0v) is 18.2. The molecule has 1 aliphatic heterocycles. The molecule has 160 valence electrons. The molecule has 1 aliphatic rings. The van der Waals surface area contributed by atoms with E-state index in [-0.39, 0.29) is 13.0 Å². The van der Waals surface area contributed by atoms with Gasteiger partial charge in [0.25, 0.3) is 5.60 Å². The Morgan fingerprint density at radius 2 is 1.97 bits per heavy atom. The first-order valence-corrected chi connectivity index (χ1v) is 10.7. The maximum Gasteiger partial charge on any atom is 0.354 e. The van der Waals surface area contributed by atoms with E-state index >= 15 is 0 Å². The summed E-state index contributed by atoms with van der Waals surface area (Å²) in [6.45, 7) is 4.40. The summed E-state index contributed by atoms with van der Waals surface area (Å²) in [6, 6.07) is 14.9. The van der Waals surface area contributed by atoms with Crippen LogP contribution in [0.2, 0.25) is 5.02 Å². The summed E-state index contributed by atoms with van der Waals surface area (Å²) in [5, 5.41) is 14.9. The number of oxime groups is 1. The maximum atomic E-state index is 12.5. The van der Waals surface area contributed by atoms with Crippen molar-refractivity contribution in [2.45, 2.75) is 64.3 Å². The lowest BCUT2D eigenvalue weighted by atomic mass is 9.85. The zero-order chi connectivity index (χ0) is 21.6. The van der Waals surface area contributed by atoms with Gasteiger partial charge < -0.3 is 14.7 Å². The topological polar surface area (TPSA) is 68.1 Å². The monoisotopic (exact) mass is 429 g/mol. The number of hydrogen-bond acceptors (Lipinski definition) is 4. The smallest absolute Gasteiger partial charge is 0.354 e. The largest absolute Gasteiger partial charge is 0.478 e. The average Bonchev–Trinajstić information content (AvgIpc) is 3.16. The van der Waals surface area contributed by atoms with E-state index in [9.17, 15) is 9.90 Å². The van der Waals surface area contributed by atoms with Crippen molar-refractivity contribution in [1.29, 1.82) is 0 Å². The molecule has 0 radical (unpaired) electrons. The molecular formula is C24H28ClNO4. The van der Waals surface area contributed by atoms with Gasteiger partial charge in [-0.25, -0.2) is 4.79 Å². The van der Waals surface area contributed by atoms with Crippen molar-refractivity contribution in [1.82, 2.24) is 0 Å². The Bertz CT molecular complexity index is 896. The van der Waals surface area contributed by atoms with Crippen molar-refractivity contribution in [3.8, 4) is 0 Å². The highest BCUT2D eigenvalue weighted by Gasteiger charge is 2.54. The number of carbonyl (C=O) groups is 1. The van der Waals surface area contributed by atoms with E-state index in [1.54, 1.807) is 24.3 Å². The molecule has 0 bridgehead atoms. The van der Waals surface area contributed by atoms with E-state index in [1.807, 2.05) is 31.2 Å². The second kappa shape index (κ2) is 10.1. The molecule has 2 atom stereocenters. The van der Waals surface area contributed by atoms with Gasteiger partial charge in [0.05, 0.1) is 12.3 Å². The normalized spacial score (nSPS) is 19.2. The van der Waals surface area contributed by atoms with E-state index in [2.05, 4.69) is 12.1 Å². The Morgan fingerprint density at radius 1 is 1.23 bits per heavy atom. The van der Waals surface area contributed by atoms with Crippen molar-refractivity contribution >= 4 is 23.3 Å². The summed E-state index contributed by atoms with van der Waals surface area (Å²) >= 11 is 6.05. The molecule has 2 unspecified atom stereocenters. The fraction of sp³-hybridized carbons (Fsp3) is 0.417. The summed E-state index contributed by atoms with van der Waals surface area (Å²) in [4.78, 5) is 18.1. The van der Waals surface area contributed by atoms with Crippen LogP contribution in [0.25, 0.3) is 0 Å². The van der Waals surface area contributed by atoms with Crippen molar-refractivity contribution in [3.63, 3.8) is 0 Å². The van der Waals surface area contributed by atoms with Crippen molar-refractivity contribution in [3.05, 3.63) is 70.2 Å². The molecule has 1 heterocycles. The number of nitrogens with zero attached hydrogens (tertiary/aromatic N) is 1. The first-order chi connectivity index (χ1) is 14.5. The van der Waals surface area contributed by atoms with Crippen molar-refractivity contribution < 1.29 is 19.5 Å². The Hall–Kier alpha value is -2.37. The predicted octanol–water partition coefficient (Wildman–Crippen LogP) is 6.09. The van der Waals surface area contributed by atoms with Gasteiger partial charge in [-0.1, -0.05) is 72.9 Å². The fourth-order valence-corrected chi connectivity index (χ4v) is 3.80. The number of aliphatic carboxylic acids is 1. The number of hydrogen-bond donors (Lipinski definition) is 1. The minimum Gasteiger partial charge on any atom is -0.478 e. The number of aryl methyl sites for hydroxylation is 1. The van der Waals surface area contributed by atoms with Crippen molar-refractivity contribution in [2.75, 3.05) is 0 Å². The Labute approximate surface area is 182 Å². The van der Waals surface area contributed by atoms with Gasteiger partial charge in [-0.15, -0.1) is 0 Å². The lowest BCUT2D eigenvalue weighted by Gasteiger charge is -2.31. The second-order valence-corrected chi connectivity index (χ2v) is 8.18. The SMILES string of the molecule is CCCCCC1=NOC(C(=O)O)(C(OCc2ccccc2C)c2ccc(Cl)cc2)C1. The van der Waals surface area contributed by atoms with Crippen molar-refractivity contribution in [2.24, 2.45) is 5.16 Å². The number of ether oxygens (including phenoxy) is 1. The van der Waals surface area contributed by atoms with Crippen LogP contribution in [0, 0.1) is 6.92 Å². The summed E-state index contributed by atoms with van der Waals surface area (Å²) in [6.07, 6.45) is 3.22. The lowest BCUT2D eigenvalue weighted by molar-refractivity contribution is -0.187. The average molecular weight is 430 g/mol. The van der Waals surface area contributed by atoms with Crippen LogP contribution in [0.15, 0.2) is 53.7 Å². The third-order valence-corrected chi connectivity index (χ3v) is 5.75. The van der Waals surface area contributed by atoms with Crippen LogP contribution in [0.4, 0.5) is 0 Å². The third-order valence-electron chi connectivity index (χ3n) is 5.50. The van der Waals surface area contributed by atoms with E-state index < -0.39 is 17.7 Å². The standard InChI is InChI=1S/C24H28ClNO4/c1-3-4-5-10-21-15-24(23(27)28,30-26-21)22(18-11-13-20(25)14-12-18)29-16-19-9-7-6-8-17(19)2/h6-9,11-14,22H,3-5,10,15-16H2,1-2H3,(H,27,28). The molecule has 0 amide bonds. The van der Waals surface area contributed by atoms with E-state index in [4.69, 9.17) is 21.2 Å². The second-order valence-electron chi connectivity index (χ2n) is 7.75. The summed E-state index contributed by atoms with van der Waals surface area (Å²) in [7, 11) is 0. The molecular weight excluding hydrogens is 402 g/mol. The highest BCUT2D eigenvalue weighted by molar-refractivity contribution is 6.30. The van der Waals surface area contributed by atoms with Crippen LogP contribution in [0.3, 0.4) is 0 Å². The quantitative estimate of drug-likeness (QED) is 0.464. The van der Waals surface area contributed by atoms with Gasteiger partial charge in [0.15, 0.2) is 0 Å². The van der Waals surface area contributed by atoms with E-state index in [1.165, 1.54) is 0 Å². The zero-order valence-electron chi connectivity index (χ0n) is 17.4. The van der Waals surface area contributed by atoms with Gasteiger partial charge in [0.2, 0.25) is 0 Å². The number of benzene rings is 2. The summed E-state index contributed by atoms with van der Waals surface area (Å²) in [5.41, 5.74) is 1.95. The minimum atomic E-state index is -1.60. The Kier molecular flexibility index (Phi) is 7.51. The molecule has 0 saturated carbocycles. The van der Waals surface area contributed by atoms with Gasteiger partial charge in [-0.3, -0.25) is 0 Å². The molecule has 5 nitrogen and oxygen atoms in total. The molecule has 2 aromatic rings. The number of halogens is 1. The van der Waals surface area contributed by atoms with Crippen LogP contribution in [0.1, 0.15) is 61.8 Å². The highest BCUT2D eigenvalue weighted by Crippen LogP contribution is 2.41. The maximum absolute atomic E-state index is 12.5. The summed E-state index contributed by atoms with van der Waals surface area (Å²) < 4.78 is 6.24. The van der Waals surface area contributed by atoms with Crippen LogP contribution < -0.4 is 0 Å². The first kappa shape index (κ1) is 22.3. The molecule has 0 fully saturated rings. The first-order valence-electron chi connectivity index (χ1n) is 10.3. The molecule has 0 aromatic heterocycles. The van der Waals surface area contributed by atoms with Gasteiger partial charge >= 0.3 is 5.97 Å². The number of carboxylic acids is 1. The number of carboxylic acid groups (broad SMARTS) is 1. The van der Waals surface area contributed by atoms with E-state index in [0.29, 0.717) is 10.6 Å². The third kappa shape index (κ3) is 5.02. The Morgan fingerprint density at radius 3 is 2.63 bits per heavy atom. The van der Waals surface area contributed by atoms with Crippen LogP contribution in [0.5, 0.6) is 0 Å². The molecule has 30 heavy (non-hydrogen) atoms. The molecule has 0 saturated heterocycles. The van der Waals surface area contributed by atoms with Crippen LogP contribution in [-0.2, 0) is 21.0 Å². The number of rotatable bonds is 10. The molecule has 0 spiro atoms. The Balaban J connectivity index is 1.88. The highest BCUT2D eigenvalue weighted by atomic mass is 35.5. The van der Waals surface area contributed by atoms with Gasteiger partial charge in [-0.2, -0.15) is 0 Å². The molecule has 0 aliphatic carbocycles. The molecule has 3 rings (SSSR count). The van der Waals surface area contributed by atoms with Crippen LogP contribution >= 0.6 is 11.6 Å². The van der Waals surface area contributed by atoms with Gasteiger partial charge in [0, 0.05) is 11.4 Å². The number of unbranched alkanes of at least 4 members (excludes halogenated alkanes) is 2. The predicted molar refractivity (Wildman–Crippen MR) is 118 cm³/mol. The molecule has 1 N–H and O–H groups in total. The fourth-order valence-electron chi connectivity index (χ4n) is 3.68. The van der Waals surface area contributed by atoms with E-state index in [0.717, 1.165) is 42.5 Å².